The summed E-state index contributed by atoms with van der Waals surface area (Å²) in [6, 6.07) is 12.0. The van der Waals surface area contributed by atoms with Crippen LogP contribution in [0.5, 0.6) is 17.2 Å². The molecule has 1 heterocycles. The number of methoxy groups -OCH3 is 2. The van der Waals surface area contributed by atoms with Crippen molar-refractivity contribution in [3.05, 3.63) is 52.9 Å². The van der Waals surface area contributed by atoms with Crippen molar-refractivity contribution in [3.63, 3.8) is 0 Å². The highest BCUT2D eigenvalue weighted by Crippen LogP contribution is 2.34. The first-order valence-electron chi connectivity index (χ1n) is 10.3. The number of thioether (sulfide) groups is 1. The predicted octanol–water partition coefficient (Wildman–Crippen LogP) is 4.41. The van der Waals surface area contributed by atoms with Crippen LogP contribution in [0.1, 0.15) is 19.4 Å². The smallest absolute Gasteiger partial charge is 0.294 e. The molecule has 0 aromatic heterocycles. The lowest BCUT2D eigenvalue weighted by atomic mass is 10.1. The highest BCUT2D eigenvalue weighted by molar-refractivity contribution is 8.18. The molecule has 33 heavy (non-hydrogen) atoms. The summed E-state index contributed by atoms with van der Waals surface area (Å²) < 4.78 is 16.2. The fourth-order valence-corrected chi connectivity index (χ4v) is 3.79. The number of imide groups is 1. The summed E-state index contributed by atoms with van der Waals surface area (Å²) in [7, 11) is 3.09. The fraction of sp³-hybridized carbons (Fsp3) is 0.292. The molecule has 1 saturated heterocycles. The molecule has 1 aliphatic rings. The van der Waals surface area contributed by atoms with Crippen molar-refractivity contribution in [1.82, 2.24) is 4.90 Å². The number of rotatable bonds is 9. The van der Waals surface area contributed by atoms with Crippen LogP contribution in [0.4, 0.5) is 10.5 Å². The molecule has 0 bridgehead atoms. The highest BCUT2D eigenvalue weighted by atomic mass is 32.2. The maximum atomic E-state index is 12.8. The minimum Gasteiger partial charge on any atom is -0.497 e. The van der Waals surface area contributed by atoms with Gasteiger partial charge in [-0.2, -0.15) is 0 Å². The Labute approximate surface area is 196 Å². The Balaban J connectivity index is 1.67. The van der Waals surface area contributed by atoms with Gasteiger partial charge < -0.3 is 19.5 Å². The van der Waals surface area contributed by atoms with Gasteiger partial charge in [-0.25, -0.2) is 0 Å². The van der Waals surface area contributed by atoms with E-state index in [4.69, 9.17) is 14.2 Å². The number of nitrogens with one attached hydrogen (secondary N) is 1. The van der Waals surface area contributed by atoms with Gasteiger partial charge in [0.1, 0.15) is 12.3 Å². The van der Waals surface area contributed by atoms with Crippen molar-refractivity contribution in [2.45, 2.75) is 13.8 Å². The van der Waals surface area contributed by atoms with Crippen molar-refractivity contribution in [2.75, 3.05) is 32.7 Å². The molecule has 1 N–H and O–H groups in total. The third-order valence-electron chi connectivity index (χ3n) is 4.61. The Morgan fingerprint density at radius 1 is 1.06 bits per heavy atom. The number of nitrogens with zero attached hydrogens (tertiary/aromatic N) is 1. The van der Waals surface area contributed by atoms with E-state index in [-0.39, 0.29) is 11.4 Å². The van der Waals surface area contributed by atoms with Crippen LogP contribution in [0.15, 0.2) is 47.4 Å². The van der Waals surface area contributed by atoms with Gasteiger partial charge in [-0.15, -0.1) is 0 Å². The fourth-order valence-electron chi connectivity index (χ4n) is 2.96. The minimum atomic E-state index is -0.519. The molecule has 0 radical (unpaired) electrons. The first kappa shape index (κ1) is 24.2. The number of carbonyl (C=O) groups is 3. The summed E-state index contributed by atoms with van der Waals surface area (Å²) in [5.41, 5.74) is 1.21. The predicted molar refractivity (Wildman–Crippen MR) is 128 cm³/mol. The van der Waals surface area contributed by atoms with Gasteiger partial charge in [-0.1, -0.05) is 19.9 Å². The van der Waals surface area contributed by atoms with Gasteiger partial charge in [-0.3, -0.25) is 19.3 Å². The summed E-state index contributed by atoms with van der Waals surface area (Å²) in [4.78, 5) is 38.6. The number of anilines is 1. The van der Waals surface area contributed by atoms with E-state index in [9.17, 15) is 14.4 Å². The normalized spacial score (nSPS) is 14.7. The summed E-state index contributed by atoms with van der Waals surface area (Å²) in [5, 5.41) is 2.17. The molecule has 0 aliphatic carbocycles. The molecule has 0 spiro atoms. The summed E-state index contributed by atoms with van der Waals surface area (Å²) in [6.07, 6.45) is 1.60. The average Bonchev–Trinajstić information content (AvgIpc) is 3.05. The second kappa shape index (κ2) is 10.9. The third kappa shape index (κ3) is 6.29. The molecule has 0 atom stereocenters. The van der Waals surface area contributed by atoms with Crippen LogP contribution in [-0.4, -0.2) is 49.3 Å². The Hall–Kier alpha value is -3.46. The average molecular weight is 471 g/mol. The van der Waals surface area contributed by atoms with Gasteiger partial charge in [0, 0.05) is 5.69 Å². The largest absolute Gasteiger partial charge is 0.497 e. The van der Waals surface area contributed by atoms with Gasteiger partial charge in [0.15, 0.2) is 11.5 Å². The van der Waals surface area contributed by atoms with E-state index in [1.807, 2.05) is 13.8 Å². The zero-order valence-electron chi connectivity index (χ0n) is 18.9. The van der Waals surface area contributed by atoms with E-state index < -0.39 is 17.1 Å². The molecular formula is C24H26N2O6S. The van der Waals surface area contributed by atoms with E-state index in [0.717, 1.165) is 16.7 Å². The zero-order valence-corrected chi connectivity index (χ0v) is 19.7. The number of amides is 3. The van der Waals surface area contributed by atoms with E-state index in [2.05, 4.69) is 5.32 Å². The summed E-state index contributed by atoms with van der Waals surface area (Å²) in [5.74, 6) is 1.16. The van der Waals surface area contributed by atoms with Crippen LogP contribution < -0.4 is 19.5 Å². The van der Waals surface area contributed by atoms with Gasteiger partial charge in [0.25, 0.3) is 11.1 Å². The molecule has 9 heteroatoms. The first-order valence-corrected chi connectivity index (χ1v) is 11.1. The summed E-state index contributed by atoms with van der Waals surface area (Å²) in [6.45, 7) is 4.27. The Bertz CT molecular complexity index is 1070. The third-order valence-corrected chi connectivity index (χ3v) is 5.51. The van der Waals surface area contributed by atoms with Crippen molar-refractivity contribution in [1.29, 1.82) is 0 Å². The quantitative estimate of drug-likeness (QED) is 0.543. The Morgan fingerprint density at radius 2 is 1.79 bits per heavy atom. The second-order valence-electron chi connectivity index (χ2n) is 7.66. The molecule has 1 aliphatic heterocycles. The van der Waals surface area contributed by atoms with Gasteiger partial charge >= 0.3 is 0 Å². The maximum Gasteiger partial charge on any atom is 0.294 e. The highest BCUT2D eigenvalue weighted by Gasteiger charge is 2.36. The standard InChI is InChI=1S/C24H26N2O6S/c1-15(2)14-32-19-10-5-16(11-20(19)31-4)12-21-23(28)26(24(29)33-21)13-22(27)25-17-6-8-18(30-3)9-7-17/h5-12,15H,13-14H2,1-4H3,(H,25,27)/b21-12-. The van der Waals surface area contributed by atoms with Crippen molar-refractivity contribution >= 4 is 40.6 Å². The molecule has 2 aromatic rings. The van der Waals surface area contributed by atoms with Gasteiger partial charge in [-0.05, 0) is 65.7 Å². The van der Waals surface area contributed by atoms with Crippen molar-refractivity contribution in [3.8, 4) is 17.2 Å². The first-order chi connectivity index (χ1) is 15.8. The van der Waals surface area contributed by atoms with Crippen LogP contribution >= 0.6 is 11.8 Å². The van der Waals surface area contributed by atoms with Crippen LogP contribution in [0, 0.1) is 5.92 Å². The molecule has 2 aromatic carbocycles. The summed E-state index contributed by atoms with van der Waals surface area (Å²) >= 11 is 0.792. The molecule has 8 nitrogen and oxygen atoms in total. The van der Waals surface area contributed by atoms with E-state index in [0.29, 0.717) is 41.0 Å². The Morgan fingerprint density at radius 3 is 2.42 bits per heavy atom. The molecule has 3 amide bonds. The van der Waals surface area contributed by atoms with E-state index >= 15 is 0 Å². The lowest BCUT2D eigenvalue weighted by molar-refractivity contribution is -0.127. The zero-order chi connectivity index (χ0) is 24.0. The van der Waals surface area contributed by atoms with Crippen LogP contribution in [-0.2, 0) is 9.59 Å². The van der Waals surface area contributed by atoms with Crippen LogP contribution in [0.2, 0.25) is 0 Å². The van der Waals surface area contributed by atoms with E-state index in [1.165, 1.54) is 7.11 Å². The van der Waals surface area contributed by atoms with Gasteiger partial charge in [0.2, 0.25) is 5.91 Å². The number of ether oxygens (including phenoxy) is 3. The molecule has 3 rings (SSSR count). The van der Waals surface area contributed by atoms with E-state index in [1.54, 1.807) is 55.7 Å². The number of carbonyl (C=O) groups excluding carboxylic acids is 3. The minimum absolute atomic E-state index is 0.232. The maximum absolute atomic E-state index is 12.8. The van der Waals surface area contributed by atoms with Crippen LogP contribution in [0.3, 0.4) is 0 Å². The molecule has 0 unspecified atom stereocenters. The Kier molecular flexibility index (Phi) is 8.00. The molecular weight excluding hydrogens is 444 g/mol. The topological polar surface area (TPSA) is 94.2 Å². The molecule has 174 valence electrons. The van der Waals surface area contributed by atoms with Crippen molar-refractivity contribution in [2.24, 2.45) is 5.92 Å². The number of hydrogen-bond donors (Lipinski definition) is 1. The monoisotopic (exact) mass is 470 g/mol. The van der Waals surface area contributed by atoms with Gasteiger partial charge in [0.05, 0.1) is 25.7 Å². The number of benzene rings is 2. The molecule has 0 saturated carbocycles. The molecule has 1 fully saturated rings. The number of hydrogen-bond acceptors (Lipinski definition) is 7. The lowest BCUT2D eigenvalue weighted by Crippen LogP contribution is -2.36. The SMILES string of the molecule is COc1ccc(NC(=O)CN2C(=O)S/C(=C\c3ccc(OCC(C)C)c(OC)c3)C2=O)cc1. The van der Waals surface area contributed by atoms with Crippen molar-refractivity contribution < 1.29 is 28.6 Å². The van der Waals surface area contributed by atoms with Crippen LogP contribution in [0.25, 0.3) is 6.08 Å². The second-order valence-corrected chi connectivity index (χ2v) is 8.65. The lowest BCUT2D eigenvalue weighted by Gasteiger charge is -2.13.